The summed E-state index contributed by atoms with van der Waals surface area (Å²) in [5.41, 5.74) is 1.09. The van der Waals surface area contributed by atoms with Crippen LogP contribution >= 0.6 is 23.4 Å². The van der Waals surface area contributed by atoms with Crippen molar-refractivity contribution in [3.63, 3.8) is 0 Å². The van der Waals surface area contributed by atoms with Crippen molar-refractivity contribution in [1.29, 1.82) is 0 Å². The van der Waals surface area contributed by atoms with E-state index >= 15 is 0 Å². The van der Waals surface area contributed by atoms with Gasteiger partial charge in [-0.15, -0.1) is 0 Å². The van der Waals surface area contributed by atoms with Crippen LogP contribution in [0.4, 0.5) is 10.5 Å². The predicted octanol–water partition coefficient (Wildman–Crippen LogP) is 4.82. The van der Waals surface area contributed by atoms with Gasteiger partial charge in [-0.2, -0.15) is 0 Å². The Balaban J connectivity index is 1.69. The molecular formula is C23H23ClN2O6S. The summed E-state index contributed by atoms with van der Waals surface area (Å²) in [4.78, 5) is 38.6. The first-order chi connectivity index (χ1) is 15.9. The largest absolute Gasteiger partial charge is 0.495 e. The Hall–Kier alpha value is -3.17. The van der Waals surface area contributed by atoms with E-state index < -0.39 is 23.6 Å². The number of anilines is 1. The number of ether oxygens (including phenoxy) is 3. The van der Waals surface area contributed by atoms with E-state index in [1.807, 2.05) is 6.92 Å². The van der Waals surface area contributed by atoms with Crippen LogP contribution < -0.4 is 19.5 Å². The molecule has 2 aromatic rings. The minimum atomic E-state index is -0.543. The molecule has 33 heavy (non-hydrogen) atoms. The fourth-order valence-electron chi connectivity index (χ4n) is 2.98. The van der Waals surface area contributed by atoms with Crippen molar-refractivity contribution in [2.45, 2.75) is 13.3 Å². The Labute approximate surface area is 200 Å². The highest BCUT2D eigenvalue weighted by Gasteiger charge is 2.36. The number of hydrogen-bond acceptors (Lipinski definition) is 7. The number of methoxy groups -OCH3 is 2. The molecule has 1 aliphatic rings. The Morgan fingerprint density at radius 2 is 1.82 bits per heavy atom. The van der Waals surface area contributed by atoms with Gasteiger partial charge in [-0.05, 0) is 60.2 Å². The van der Waals surface area contributed by atoms with Gasteiger partial charge < -0.3 is 19.5 Å². The number of nitrogens with one attached hydrogen (secondary N) is 1. The van der Waals surface area contributed by atoms with Gasteiger partial charge in [0.15, 0.2) is 11.5 Å². The lowest BCUT2D eigenvalue weighted by molar-refractivity contribution is -0.127. The van der Waals surface area contributed by atoms with E-state index in [0.29, 0.717) is 40.1 Å². The van der Waals surface area contributed by atoms with Crippen molar-refractivity contribution in [3.8, 4) is 17.2 Å². The number of carbonyl (C=O) groups is 3. The van der Waals surface area contributed by atoms with Gasteiger partial charge in [0.1, 0.15) is 12.3 Å². The molecule has 0 bridgehead atoms. The highest BCUT2D eigenvalue weighted by molar-refractivity contribution is 8.18. The first-order valence-electron chi connectivity index (χ1n) is 10.1. The van der Waals surface area contributed by atoms with Crippen molar-refractivity contribution in [3.05, 3.63) is 51.9 Å². The fraction of sp³-hybridized carbons (Fsp3) is 0.261. The maximum Gasteiger partial charge on any atom is 0.294 e. The molecule has 0 aliphatic carbocycles. The molecule has 0 aromatic heterocycles. The molecule has 0 radical (unpaired) electrons. The molecule has 0 spiro atoms. The summed E-state index contributed by atoms with van der Waals surface area (Å²) in [7, 11) is 3.01. The molecule has 1 heterocycles. The highest BCUT2D eigenvalue weighted by atomic mass is 35.5. The number of rotatable bonds is 9. The topological polar surface area (TPSA) is 94.2 Å². The number of thioether (sulfide) groups is 1. The predicted molar refractivity (Wildman–Crippen MR) is 128 cm³/mol. The van der Waals surface area contributed by atoms with E-state index in [9.17, 15) is 14.4 Å². The van der Waals surface area contributed by atoms with Crippen LogP contribution in [0.1, 0.15) is 18.9 Å². The first kappa shape index (κ1) is 24.5. The fourth-order valence-corrected chi connectivity index (χ4v) is 4.08. The summed E-state index contributed by atoms with van der Waals surface area (Å²) >= 11 is 6.83. The second kappa shape index (κ2) is 11.1. The van der Waals surface area contributed by atoms with E-state index in [1.165, 1.54) is 20.3 Å². The number of amides is 3. The van der Waals surface area contributed by atoms with Gasteiger partial charge in [0.05, 0.1) is 30.8 Å². The maximum atomic E-state index is 12.8. The van der Waals surface area contributed by atoms with E-state index in [2.05, 4.69) is 5.32 Å². The van der Waals surface area contributed by atoms with Gasteiger partial charge in [-0.1, -0.05) is 24.6 Å². The molecule has 3 amide bonds. The van der Waals surface area contributed by atoms with Crippen molar-refractivity contribution in [2.24, 2.45) is 0 Å². The summed E-state index contributed by atoms with van der Waals surface area (Å²) in [5, 5.41) is 2.42. The molecule has 0 saturated carbocycles. The van der Waals surface area contributed by atoms with Crippen molar-refractivity contribution in [2.75, 3.05) is 32.7 Å². The van der Waals surface area contributed by atoms with E-state index in [-0.39, 0.29) is 4.91 Å². The van der Waals surface area contributed by atoms with Gasteiger partial charge in [0.2, 0.25) is 5.91 Å². The van der Waals surface area contributed by atoms with E-state index in [0.717, 1.165) is 23.1 Å². The zero-order chi connectivity index (χ0) is 24.0. The average Bonchev–Trinajstić information content (AvgIpc) is 3.05. The van der Waals surface area contributed by atoms with E-state index in [1.54, 1.807) is 36.4 Å². The van der Waals surface area contributed by atoms with Crippen molar-refractivity contribution in [1.82, 2.24) is 4.90 Å². The number of carbonyl (C=O) groups excluding carboxylic acids is 3. The first-order valence-corrected chi connectivity index (χ1v) is 11.2. The molecule has 1 fully saturated rings. The van der Waals surface area contributed by atoms with Crippen LogP contribution in [0.3, 0.4) is 0 Å². The van der Waals surface area contributed by atoms with Gasteiger partial charge in [0.25, 0.3) is 11.1 Å². The van der Waals surface area contributed by atoms with Crippen LogP contribution in [-0.4, -0.2) is 49.3 Å². The molecule has 1 aliphatic heterocycles. The molecule has 3 rings (SSSR count). The van der Waals surface area contributed by atoms with Crippen LogP contribution in [0.15, 0.2) is 41.3 Å². The lowest BCUT2D eigenvalue weighted by Crippen LogP contribution is -2.36. The van der Waals surface area contributed by atoms with E-state index in [4.69, 9.17) is 25.8 Å². The Morgan fingerprint density at radius 3 is 2.48 bits per heavy atom. The molecular weight excluding hydrogens is 468 g/mol. The standard InChI is InChI=1S/C23H23ClN2O6S/c1-4-9-32-18-7-5-14(10-19(18)31-3)11-20-22(28)26(23(29)33-20)13-21(27)25-15-6-8-17(30-2)16(24)12-15/h5-8,10-12H,4,9,13H2,1-3H3,(H,25,27)/b20-11-. The van der Waals surface area contributed by atoms with Gasteiger partial charge in [0, 0.05) is 5.69 Å². The van der Waals surface area contributed by atoms with Crippen molar-refractivity contribution >= 4 is 52.2 Å². The summed E-state index contributed by atoms with van der Waals surface area (Å²) < 4.78 is 16.1. The van der Waals surface area contributed by atoms with Gasteiger partial charge >= 0.3 is 0 Å². The second-order valence-corrected chi connectivity index (χ2v) is 8.32. The minimum absolute atomic E-state index is 0.213. The third kappa shape index (κ3) is 6.00. The number of benzene rings is 2. The van der Waals surface area contributed by atoms with Crippen LogP contribution in [0, 0.1) is 0 Å². The zero-order valence-corrected chi connectivity index (χ0v) is 19.9. The van der Waals surface area contributed by atoms with Gasteiger partial charge in [-0.25, -0.2) is 0 Å². The molecule has 1 saturated heterocycles. The maximum absolute atomic E-state index is 12.8. The van der Waals surface area contributed by atoms with Crippen LogP contribution in [0.25, 0.3) is 6.08 Å². The lowest BCUT2D eigenvalue weighted by Gasteiger charge is -2.13. The van der Waals surface area contributed by atoms with Crippen molar-refractivity contribution < 1.29 is 28.6 Å². The Bertz CT molecular complexity index is 1100. The molecule has 0 atom stereocenters. The monoisotopic (exact) mass is 490 g/mol. The number of imide groups is 1. The zero-order valence-electron chi connectivity index (χ0n) is 18.3. The number of nitrogens with zero attached hydrogens (tertiary/aromatic N) is 1. The third-order valence-electron chi connectivity index (χ3n) is 4.56. The molecule has 10 heteroatoms. The average molecular weight is 491 g/mol. The van der Waals surface area contributed by atoms with Crippen LogP contribution in [-0.2, 0) is 9.59 Å². The minimum Gasteiger partial charge on any atom is -0.495 e. The Morgan fingerprint density at radius 1 is 1.09 bits per heavy atom. The molecule has 174 valence electrons. The molecule has 0 unspecified atom stereocenters. The second-order valence-electron chi connectivity index (χ2n) is 6.92. The van der Waals surface area contributed by atoms with Gasteiger partial charge in [-0.3, -0.25) is 19.3 Å². The van der Waals surface area contributed by atoms with Crippen LogP contribution in [0.2, 0.25) is 5.02 Å². The summed E-state index contributed by atoms with van der Waals surface area (Å²) in [6, 6.07) is 9.97. The number of hydrogen-bond donors (Lipinski definition) is 1. The van der Waals surface area contributed by atoms with Crippen LogP contribution in [0.5, 0.6) is 17.2 Å². The molecule has 1 N–H and O–H groups in total. The SMILES string of the molecule is CCCOc1ccc(/C=C2\SC(=O)N(CC(=O)Nc3ccc(OC)c(Cl)c3)C2=O)cc1OC. The smallest absolute Gasteiger partial charge is 0.294 e. The number of halogens is 1. The highest BCUT2D eigenvalue weighted by Crippen LogP contribution is 2.34. The quantitative estimate of drug-likeness (QED) is 0.503. The molecule has 2 aromatic carbocycles. The summed E-state index contributed by atoms with van der Waals surface area (Å²) in [5.74, 6) is 0.512. The summed E-state index contributed by atoms with van der Waals surface area (Å²) in [6.07, 6.45) is 2.44. The third-order valence-corrected chi connectivity index (χ3v) is 5.76. The lowest BCUT2D eigenvalue weighted by atomic mass is 10.2. The normalized spacial score (nSPS) is 14.5. The Kier molecular flexibility index (Phi) is 8.24. The summed E-state index contributed by atoms with van der Waals surface area (Å²) in [6.45, 7) is 2.14. The molecule has 8 nitrogen and oxygen atoms in total.